The van der Waals surface area contributed by atoms with E-state index in [1.807, 2.05) is 6.92 Å². The van der Waals surface area contributed by atoms with Crippen LogP contribution in [0.25, 0.3) is 0 Å². The topological polar surface area (TPSA) is 12.0 Å². The number of rotatable bonds is 2. The number of benzene rings is 1. The molecule has 3 heteroatoms. The van der Waals surface area contributed by atoms with Crippen molar-refractivity contribution in [2.24, 2.45) is 5.92 Å². The van der Waals surface area contributed by atoms with E-state index >= 15 is 0 Å². The van der Waals surface area contributed by atoms with E-state index in [-0.39, 0.29) is 11.7 Å². The summed E-state index contributed by atoms with van der Waals surface area (Å²) in [7, 11) is 0. The van der Waals surface area contributed by atoms with Crippen LogP contribution in [0.5, 0.6) is 0 Å². The van der Waals surface area contributed by atoms with Gasteiger partial charge in [-0.15, -0.1) is 0 Å². The van der Waals surface area contributed by atoms with Crippen LogP contribution in [0.2, 0.25) is 5.02 Å². The second kappa shape index (κ2) is 4.56. The van der Waals surface area contributed by atoms with Crippen molar-refractivity contribution in [2.45, 2.75) is 12.8 Å². The molecular formula is C13H15ClFN. The van der Waals surface area contributed by atoms with Crippen molar-refractivity contribution in [3.63, 3.8) is 0 Å². The molecule has 16 heavy (non-hydrogen) atoms. The predicted molar refractivity (Wildman–Crippen MR) is 65.3 cm³/mol. The molecule has 0 bridgehead atoms. The van der Waals surface area contributed by atoms with E-state index in [1.165, 1.54) is 6.07 Å². The molecule has 86 valence electrons. The highest BCUT2D eigenvalue weighted by molar-refractivity contribution is 6.30. The molecule has 1 nitrogen and oxygen atoms in total. The van der Waals surface area contributed by atoms with Crippen molar-refractivity contribution in [1.82, 2.24) is 5.32 Å². The molecule has 0 amide bonds. The monoisotopic (exact) mass is 239 g/mol. The van der Waals surface area contributed by atoms with Crippen LogP contribution in [0.4, 0.5) is 4.39 Å². The Labute approximate surface area is 100 Å². The highest BCUT2D eigenvalue weighted by atomic mass is 35.5. The van der Waals surface area contributed by atoms with Crippen molar-refractivity contribution < 1.29 is 4.39 Å². The molecule has 1 aliphatic rings. The van der Waals surface area contributed by atoms with Crippen LogP contribution < -0.4 is 5.32 Å². The standard InChI is InChI=1S/C13H15ClFN/c1-8(2)11-6-16-7-12(11)10-4-3-9(14)5-13(10)15/h3-5,11-12,16H,1,6-7H2,2H3/t11-,12-/m0/s1. The summed E-state index contributed by atoms with van der Waals surface area (Å²) in [6, 6.07) is 4.91. The van der Waals surface area contributed by atoms with Gasteiger partial charge < -0.3 is 5.32 Å². The van der Waals surface area contributed by atoms with Crippen LogP contribution in [-0.2, 0) is 0 Å². The lowest BCUT2D eigenvalue weighted by Gasteiger charge is -2.19. The summed E-state index contributed by atoms with van der Waals surface area (Å²) in [4.78, 5) is 0. The molecule has 0 unspecified atom stereocenters. The Morgan fingerprint density at radius 3 is 2.88 bits per heavy atom. The SMILES string of the molecule is C=C(C)[C@@H]1CNC[C@H]1c1ccc(Cl)cc1F. The maximum absolute atomic E-state index is 13.8. The molecule has 1 aromatic carbocycles. The zero-order valence-corrected chi connectivity index (χ0v) is 10.0. The van der Waals surface area contributed by atoms with Gasteiger partial charge in [0.1, 0.15) is 5.82 Å². The quantitative estimate of drug-likeness (QED) is 0.781. The van der Waals surface area contributed by atoms with Crippen LogP contribution in [-0.4, -0.2) is 13.1 Å². The summed E-state index contributed by atoms with van der Waals surface area (Å²) in [6.45, 7) is 7.65. The van der Waals surface area contributed by atoms with Crippen molar-refractivity contribution in [1.29, 1.82) is 0 Å². The minimum atomic E-state index is -0.215. The fourth-order valence-corrected chi connectivity index (χ4v) is 2.48. The fraction of sp³-hybridized carbons (Fsp3) is 0.385. The average molecular weight is 240 g/mol. The molecule has 0 aromatic heterocycles. The van der Waals surface area contributed by atoms with Crippen LogP contribution in [0.15, 0.2) is 30.4 Å². The summed E-state index contributed by atoms with van der Waals surface area (Å²) in [5, 5.41) is 3.73. The first-order valence-corrected chi connectivity index (χ1v) is 5.78. The van der Waals surface area contributed by atoms with Gasteiger partial charge in [0.2, 0.25) is 0 Å². The van der Waals surface area contributed by atoms with Gasteiger partial charge in [-0.25, -0.2) is 4.39 Å². The Bertz CT molecular complexity index is 416. The van der Waals surface area contributed by atoms with Gasteiger partial charge in [-0.1, -0.05) is 29.8 Å². The van der Waals surface area contributed by atoms with E-state index in [4.69, 9.17) is 11.6 Å². The number of halogens is 2. The molecular weight excluding hydrogens is 225 g/mol. The lowest BCUT2D eigenvalue weighted by molar-refractivity contribution is 0.544. The van der Waals surface area contributed by atoms with Crippen molar-refractivity contribution in [3.8, 4) is 0 Å². The van der Waals surface area contributed by atoms with E-state index in [9.17, 15) is 4.39 Å². The number of nitrogens with one attached hydrogen (secondary N) is 1. The van der Waals surface area contributed by atoms with Crippen LogP contribution >= 0.6 is 11.6 Å². The third kappa shape index (κ3) is 2.13. The average Bonchev–Trinajstić information content (AvgIpc) is 2.66. The van der Waals surface area contributed by atoms with Gasteiger partial charge in [0.25, 0.3) is 0 Å². The van der Waals surface area contributed by atoms with Crippen molar-refractivity contribution >= 4 is 11.6 Å². The van der Waals surface area contributed by atoms with E-state index in [1.54, 1.807) is 12.1 Å². The van der Waals surface area contributed by atoms with Crippen molar-refractivity contribution in [3.05, 3.63) is 46.8 Å². The van der Waals surface area contributed by atoms with E-state index in [0.29, 0.717) is 10.9 Å². The van der Waals surface area contributed by atoms with Gasteiger partial charge in [0.05, 0.1) is 0 Å². The summed E-state index contributed by atoms with van der Waals surface area (Å²) in [5.74, 6) is 0.276. The Kier molecular flexibility index (Phi) is 3.31. The van der Waals surface area contributed by atoms with Gasteiger partial charge in [-0.2, -0.15) is 0 Å². The minimum absolute atomic E-state index is 0.176. The fourth-order valence-electron chi connectivity index (χ4n) is 2.33. The largest absolute Gasteiger partial charge is 0.315 e. The van der Waals surface area contributed by atoms with E-state index in [0.717, 1.165) is 24.2 Å². The Hall–Kier alpha value is -0.860. The molecule has 1 heterocycles. The smallest absolute Gasteiger partial charge is 0.128 e. The summed E-state index contributed by atoms with van der Waals surface area (Å²) in [6.07, 6.45) is 0. The third-order valence-corrected chi connectivity index (χ3v) is 3.44. The number of hydrogen-bond acceptors (Lipinski definition) is 1. The zero-order valence-electron chi connectivity index (χ0n) is 9.26. The molecule has 2 rings (SSSR count). The first-order chi connectivity index (χ1) is 7.59. The molecule has 1 fully saturated rings. The highest BCUT2D eigenvalue weighted by Crippen LogP contribution is 2.34. The number of hydrogen-bond donors (Lipinski definition) is 1. The molecule has 0 saturated carbocycles. The summed E-state index contributed by atoms with van der Waals surface area (Å²) in [5.41, 5.74) is 1.84. The van der Waals surface area contributed by atoms with Crippen LogP contribution in [0.1, 0.15) is 18.4 Å². The van der Waals surface area contributed by atoms with Gasteiger partial charge in [0, 0.05) is 24.0 Å². The molecule has 2 atom stereocenters. The molecule has 1 N–H and O–H groups in total. The molecule has 1 aliphatic heterocycles. The summed E-state index contributed by atoms with van der Waals surface area (Å²) >= 11 is 5.75. The Morgan fingerprint density at radius 2 is 2.25 bits per heavy atom. The Balaban J connectivity index is 2.32. The molecule has 1 saturated heterocycles. The lowest BCUT2D eigenvalue weighted by Crippen LogP contribution is -2.12. The van der Waals surface area contributed by atoms with Gasteiger partial charge in [0.15, 0.2) is 0 Å². The first kappa shape index (κ1) is 11.6. The molecule has 0 spiro atoms. The predicted octanol–water partition coefficient (Wildman–Crippen LogP) is 3.36. The summed E-state index contributed by atoms with van der Waals surface area (Å²) < 4.78 is 13.8. The highest BCUT2D eigenvalue weighted by Gasteiger charge is 2.30. The minimum Gasteiger partial charge on any atom is -0.315 e. The second-order valence-corrected chi connectivity index (χ2v) is 4.82. The second-order valence-electron chi connectivity index (χ2n) is 4.38. The van der Waals surface area contributed by atoms with E-state index in [2.05, 4.69) is 11.9 Å². The third-order valence-electron chi connectivity index (χ3n) is 3.21. The molecule has 0 radical (unpaired) electrons. The van der Waals surface area contributed by atoms with Gasteiger partial charge in [-0.05, 0) is 30.5 Å². The van der Waals surface area contributed by atoms with E-state index < -0.39 is 0 Å². The Morgan fingerprint density at radius 1 is 1.50 bits per heavy atom. The zero-order chi connectivity index (χ0) is 11.7. The molecule has 0 aliphatic carbocycles. The van der Waals surface area contributed by atoms with Crippen LogP contribution in [0, 0.1) is 11.7 Å². The molecule has 1 aromatic rings. The van der Waals surface area contributed by atoms with Gasteiger partial charge in [-0.3, -0.25) is 0 Å². The maximum Gasteiger partial charge on any atom is 0.128 e. The maximum atomic E-state index is 13.8. The van der Waals surface area contributed by atoms with Gasteiger partial charge >= 0.3 is 0 Å². The first-order valence-electron chi connectivity index (χ1n) is 5.40. The lowest BCUT2D eigenvalue weighted by atomic mass is 9.85. The normalized spacial score (nSPS) is 24.7. The van der Waals surface area contributed by atoms with Crippen LogP contribution in [0.3, 0.4) is 0 Å². The van der Waals surface area contributed by atoms with Crippen molar-refractivity contribution in [2.75, 3.05) is 13.1 Å².